The molecule has 0 bridgehead atoms. The molecule has 0 spiro atoms. The molecule has 1 saturated heterocycles. The zero-order chi connectivity index (χ0) is 10.7. The molecule has 2 rings (SSSR count). The molecule has 1 aromatic rings. The first-order chi connectivity index (χ1) is 7.25. The number of benzene rings is 1. The summed E-state index contributed by atoms with van der Waals surface area (Å²) in [5, 5.41) is 5.82. The van der Waals surface area contributed by atoms with E-state index in [0.29, 0.717) is 5.92 Å². The smallest absolute Gasteiger partial charge is 0.315 e. The van der Waals surface area contributed by atoms with E-state index in [2.05, 4.69) is 29.7 Å². The van der Waals surface area contributed by atoms with Gasteiger partial charge in [-0.15, -0.1) is 0 Å². The third-order valence-electron chi connectivity index (χ3n) is 2.76. The summed E-state index contributed by atoms with van der Waals surface area (Å²) in [7, 11) is 0. The zero-order valence-electron chi connectivity index (χ0n) is 8.86. The molecule has 1 aliphatic rings. The third kappa shape index (κ3) is 2.49. The molecule has 80 valence electrons. The molecule has 0 saturated carbocycles. The summed E-state index contributed by atoms with van der Waals surface area (Å²) in [6, 6.07) is 10.2. The van der Waals surface area contributed by atoms with Gasteiger partial charge in [0.05, 0.1) is 6.04 Å². The Balaban J connectivity index is 2.16. The Morgan fingerprint density at radius 1 is 1.27 bits per heavy atom. The molecule has 1 heterocycles. The third-order valence-corrected chi connectivity index (χ3v) is 2.76. The fourth-order valence-electron chi connectivity index (χ4n) is 1.93. The lowest BCUT2D eigenvalue weighted by Crippen LogP contribution is -2.35. The van der Waals surface area contributed by atoms with E-state index in [9.17, 15) is 4.79 Å². The van der Waals surface area contributed by atoms with Crippen LogP contribution in [-0.2, 0) is 0 Å². The second-order valence-electron chi connectivity index (χ2n) is 4.16. The van der Waals surface area contributed by atoms with Crippen molar-refractivity contribution in [1.82, 2.24) is 10.6 Å². The molecule has 3 heteroatoms. The van der Waals surface area contributed by atoms with E-state index in [1.54, 1.807) is 0 Å². The molecule has 2 N–H and O–H groups in total. The van der Waals surface area contributed by atoms with E-state index in [4.69, 9.17) is 0 Å². The lowest BCUT2D eigenvalue weighted by Gasteiger charge is -2.17. The molecule has 15 heavy (non-hydrogen) atoms. The highest BCUT2D eigenvalue weighted by Gasteiger charge is 2.21. The van der Waals surface area contributed by atoms with Gasteiger partial charge in [0, 0.05) is 6.54 Å². The lowest BCUT2D eigenvalue weighted by atomic mass is 9.97. The van der Waals surface area contributed by atoms with E-state index in [-0.39, 0.29) is 12.1 Å². The molecule has 3 nitrogen and oxygen atoms in total. The second kappa shape index (κ2) is 4.34. The second-order valence-corrected chi connectivity index (χ2v) is 4.16. The number of hydrogen-bond donors (Lipinski definition) is 2. The van der Waals surface area contributed by atoms with Gasteiger partial charge in [-0.1, -0.05) is 37.3 Å². The van der Waals surface area contributed by atoms with Crippen LogP contribution in [0.3, 0.4) is 0 Å². The van der Waals surface area contributed by atoms with Gasteiger partial charge >= 0.3 is 6.03 Å². The normalized spacial score (nSPS) is 26.3. The first kappa shape index (κ1) is 10.0. The van der Waals surface area contributed by atoms with E-state index in [1.165, 1.54) is 5.56 Å². The summed E-state index contributed by atoms with van der Waals surface area (Å²) in [5.74, 6) is 0.508. The van der Waals surface area contributed by atoms with Gasteiger partial charge in [0.2, 0.25) is 0 Å². The molecule has 0 radical (unpaired) electrons. The first-order valence-corrected chi connectivity index (χ1v) is 5.35. The van der Waals surface area contributed by atoms with Gasteiger partial charge in [-0.25, -0.2) is 4.79 Å². The molecular weight excluding hydrogens is 188 g/mol. The summed E-state index contributed by atoms with van der Waals surface area (Å²) in [6.07, 6.45) is 0.989. The highest BCUT2D eigenvalue weighted by Crippen LogP contribution is 2.22. The lowest BCUT2D eigenvalue weighted by molar-refractivity contribution is 0.240. The van der Waals surface area contributed by atoms with Crippen molar-refractivity contribution in [3.8, 4) is 0 Å². The maximum Gasteiger partial charge on any atom is 0.315 e. The van der Waals surface area contributed by atoms with Crippen molar-refractivity contribution in [2.24, 2.45) is 5.92 Å². The summed E-state index contributed by atoms with van der Waals surface area (Å²) >= 11 is 0. The van der Waals surface area contributed by atoms with Gasteiger partial charge in [-0.3, -0.25) is 0 Å². The predicted octanol–water partition coefficient (Wildman–Crippen LogP) is 2.07. The molecule has 2 unspecified atom stereocenters. The van der Waals surface area contributed by atoms with Crippen LogP contribution in [0, 0.1) is 5.92 Å². The molecular formula is C12H16N2O. The van der Waals surface area contributed by atoms with Crippen molar-refractivity contribution >= 4 is 6.03 Å². The molecule has 0 aromatic heterocycles. The van der Waals surface area contributed by atoms with Crippen molar-refractivity contribution in [3.63, 3.8) is 0 Å². The van der Waals surface area contributed by atoms with E-state index < -0.39 is 0 Å². The maximum atomic E-state index is 11.4. The predicted molar refractivity (Wildman–Crippen MR) is 59.5 cm³/mol. The average molecular weight is 204 g/mol. The first-order valence-electron chi connectivity index (χ1n) is 5.35. The average Bonchev–Trinajstić information content (AvgIpc) is 2.42. The Bertz CT molecular complexity index is 337. The number of carbonyl (C=O) groups excluding carboxylic acids is 1. The quantitative estimate of drug-likeness (QED) is 0.722. The molecule has 1 fully saturated rings. The van der Waals surface area contributed by atoms with Crippen LogP contribution in [0.5, 0.6) is 0 Å². The summed E-state index contributed by atoms with van der Waals surface area (Å²) < 4.78 is 0. The molecule has 2 amide bonds. The molecule has 0 aliphatic carbocycles. The largest absolute Gasteiger partial charge is 0.338 e. The van der Waals surface area contributed by atoms with Crippen LogP contribution < -0.4 is 10.6 Å². The summed E-state index contributed by atoms with van der Waals surface area (Å²) in [4.78, 5) is 11.4. The number of urea groups is 1. The minimum Gasteiger partial charge on any atom is -0.338 e. The topological polar surface area (TPSA) is 41.1 Å². The SMILES string of the molecule is CC1CNC(=O)NC(c2ccccc2)C1. The zero-order valence-corrected chi connectivity index (χ0v) is 8.86. The minimum absolute atomic E-state index is 0.0618. The van der Waals surface area contributed by atoms with Crippen LogP contribution in [0.25, 0.3) is 0 Å². The van der Waals surface area contributed by atoms with E-state index >= 15 is 0 Å². The summed E-state index contributed by atoms with van der Waals surface area (Å²) in [6.45, 7) is 2.92. The Morgan fingerprint density at radius 2 is 2.00 bits per heavy atom. The van der Waals surface area contributed by atoms with Crippen molar-refractivity contribution in [3.05, 3.63) is 35.9 Å². The van der Waals surface area contributed by atoms with Crippen LogP contribution in [0.4, 0.5) is 4.79 Å². The number of amides is 2. The minimum atomic E-state index is -0.0618. The highest BCUT2D eigenvalue weighted by molar-refractivity contribution is 5.74. The van der Waals surface area contributed by atoms with Crippen LogP contribution in [0.2, 0.25) is 0 Å². The number of hydrogen-bond acceptors (Lipinski definition) is 1. The van der Waals surface area contributed by atoms with Crippen LogP contribution in [-0.4, -0.2) is 12.6 Å². The van der Waals surface area contributed by atoms with Gasteiger partial charge in [-0.05, 0) is 17.9 Å². The molecule has 2 atom stereocenters. The highest BCUT2D eigenvalue weighted by atomic mass is 16.2. The van der Waals surface area contributed by atoms with Gasteiger partial charge in [-0.2, -0.15) is 0 Å². The van der Waals surface area contributed by atoms with Gasteiger partial charge in [0.1, 0.15) is 0 Å². The Kier molecular flexibility index (Phi) is 2.90. The van der Waals surface area contributed by atoms with Crippen LogP contribution in [0.15, 0.2) is 30.3 Å². The van der Waals surface area contributed by atoms with E-state index in [1.807, 2.05) is 18.2 Å². The summed E-state index contributed by atoms with van der Waals surface area (Å²) in [5.41, 5.74) is 1.18. The van der Waals surface area contributed by atoms with Crippen LogP contribution in [0.1, 0.15) is 24.9 Å². The van der Waals surface area contributed by atoms with E-state index in [0.717, 1.165) is 13.0 Å². The monoisotopic (exact) mass is 204 g/mol. The van der Waals surface area contributed by atoms with Crippen molar-refractivity contribution < 1.29 is 4.79 Å². The van der Waals surface area contributed by atoms with Gasteiger partial charge < -0.3 is 10.6 Å². The number of rotatable bonds is 1. The fourth-order valence-corrected chi connectivity index (χ4v) is 1.93. The fraction of sp³-hybridized carbons (Fsp3) is 0.417. The van der Waals surface area contributed by atoms with Crippen molar-refractivity contribution in [1.29, 1.82) is 0 Å². The molecule has 1 aromatic carbocycles. The van der Waals surface area contributed by atoms with Gasteiger partial charge in [0.25, 0.3) is 0 Å². The Labute approximate surface area is 89.9 Å². The molecule has 1 aliphatic heterocycles. The number of nitrogens with one attached hydrogen (secondary N) is 2. The van der Waals surface area contributed by atoms with Gasteiger partial charge in [0.15, 0.2) is 0 Å². The van der Waals surface area contributed by atoms with Crippen molar-refractivity contribution in [2.75, 3.05) is 6.54 Å². The standard InChI is InChI=1S/C12H16N2O/c1-9-7-11(14-12(15)13-8-9)10-5-3-2-4-6-10/h2-6,9,11H,7-8H2,1H3,(H2,13,14,15). The Hall–Kier alpha value is -1.51. The Morgan fingerprint density at radius 3 is 2.73 bits per heavy atom. The van der Waals surface area contributed by atoms with Crippen molar-refractivity contribution in [2.45, 2.75) is 19.4 Å². The maximum absolute atomic E-state index is 11.4. The van der Waals surface area contributed by atoms with Crippen LogP contribution >= 0.6 is 0 Å². The number of carbonyl (C=O) groups is 1.